The van der Waals surface area contributed by atoms with Crippen molar-refractivity contribution in [2.75, 3.05) is 0 Å². The molecule has 19 heavy (non-hydrogen) atoms. The predicted octanol–water partition coefficient (Wildman–Crippen LogP) is 1.58. The second-order valence-corrected chi connectivity index (χ2v) is 4.65. The molecule has 2 heterocycles. The Bertz CT molecular complexity index is 610. The van der Waals surface area contributed by atoms with Crippen LogP contribution in [0, 0.1) is 12.3 Å². The topological polar surface area (TPSA) is 94.7 Å². The molecule has 0 bridgehead atoms. The van der Waals surface area contributed by atoms with Crippen molar-refractivity contribution < 1.29 is 4.74 Å². The van der Waals surface area contributed by atoms with Crippen LogP contribution < -0.4 is 10.5 Å². The smallest absolute Gasteiger partial charge is 0.229 e. The van der Waals surface area contributed by atoms with Crippen molar-refractivity contribution in [3.05, 3.63) is 23.7 Å². The lowest BCUT2D eigenvalue weighted by Gasteiger charge is -2.06. The van der Waals surface area contributed by atoms with Crippen molar-refractivity contribution in [3.63, 3.8) is 0 Å². The lowest BCUT2D eigenvalue weighted by Crippen LogP contribution is -2.13. The normalized spacial score (nSPS) is 11.0. The zero-order valence-electron chi connectivity index (χ0n) is 11.5. The Labute approximate surface area is 111 Å². The third-order valence-electron chi connectivity index (χ3n) is 2.76. The molecule has 0 radical (unpaired) electrons. The number of aryl methyl sites for hydroxylation is 2. The highest BCUT2D eigenvalue weighted by Crippen LogP contribution is 2.26. The van der Waals surface area contributed by atoms with Crippen molar-refractivity contribution in [2.45, 2.75) is 26.8 Å². The van der Waals surface area contributed by atoms with Gasteiger partial charge < -0.3 is 10.5 Å². The highest BCUT2D eigenvalue weighted by Gasteiger charge is 2.18. The zero-order valence-corrected chi connectivity index (χ0v) is 11.5. The third-order valence-corrected chi connectivity index (χ3v) is 2.76. The minimum atomic E-state index is -0.0585. The van der Waals surface area contributed by atoms with E-state index in [-0.39, 0.29) is 11.9 Å². The molecule has 0 saturated heterocycles. The Morgan fingerprint density at radius 3 is 2.68 bits per heavy atom. The summed E-state index contributed by atoms with van der Waals surface area (Å²) in [5.41, 5.74) is 6.75. The van der Waals surface area contributed by atoms with Crippen LogP contribution in [0.15, 0.2) is 12.4 Å². The molecule has 0 aliphatic heterocycles. The molecule has 2 aromatic heterocycles. The van der Waals surface area contributed by atoms with E-state index in [2.05, 4.69) is 10.2 Å². The first-order valence-electron chi connectivity index (χ1n) is 6.00. The van der Waals surface area contributed by atoms with E-state index >= 15 is 0 Å². The molecular weight excluding hydrogens is 244 g/mol. The molecule has 0 fully saturated rings. The molecule has 0 atom stereocenters. The van der Waals surface area contributed by atoms with Gasteiger partial charge in [0.25, 0.3) is 0 Å². The fourth-order valence-electron chi connectivity index (χ4n) is 1.83. The first-order valence-corrected chi connectivity index (χ1v) is 6.00. The fraction of sp³-hybridized carbons (Fsp3) is 0.417. The summed E-state index contributed by atoms with van der Waals surface area (Å²) in [5.74, 6) is 0.990. The van der Waals surface area contributed by atoms with Gasteiger partial charge in [-0.25, -0.2) is 4.68 Å². The number of nitrogens with two attached hydrogens (primary N) is 1. The Hall–Kier alpha value is -2.31. The van der Waals surface area contributed by atoms with Gasteiger partial charge in [0.2, 0.25) is 5.88 Å². The van der Waals surface area contributed by atoms with Gasteiger partial charge in [-0.2, -0.15) is 10.2 Å². The van der Waals surface area contributed by atoms with Gasteiger partial charge in [0.1, 0.15) is 11.4 Å². The summed E-state index contributed by atoms with van der Waals surface area (Å²) in [4.78, 5) is 0. The van der Waals surface area contributed by atoms with E-state index in [4.69, 9.17) is 15.9 Å². The molecule has 0 aromatic carbocycles. The van der Waals surface area contributed by atoms with Crippen molar-refractivity contribution in [3.8, 4) is 11.6 Å². The Morgan fingerprint density at radius 1 is 1.47 bits per heavy atom. The maximum atomic E-state index is 7.59. The van der Waals surface area contributed by atoms with Crippen molar-refractivity contribution in [2.24, 2.45) is 12.8 Å². The molecular formula is C12H18N6O. The number of hydrogen-bond acceptors (Lipinski definition) is 4. The molecule has 0 saturated carbocycles. The Morgan fingerprint density at radius 2 is 2.16 bits per heavy atom. The van der Waals surface area contributed by atoms with E-state index in [1.165, 1.54) is 0 Å². The summed E-state index contributed by atoms with van der Waals surface area (Å²) in [6.07, 6.45) is 3.43. The molecule has 7 heteroatoms. The van der Waals surface area contributed by atoms with Crippen LogP contribution in [0.2, 0.25) is 0 Å². The molecule has 102 valence electrons. The van der Waals surface area contributed by atoms with E-state index in [9.17, 15) is 0 Å². The summed E-state index contributed by atoms with van der Waals surface area (Å²) in [6, 6.07) is 0.262. The van der Waals surface area contributed by atoms with Gasteiger partial charge in [0.05, 0.1) is 18.1 Å². The quantitative estimate of drug-likeness (QED) is 0.646. The second-order valence-electron chi connectivity index (χ2n) is 4.65. The van der Waals surface area contributed by atoms with Gasteiger partial charge in [-0.15, -0.1) is 0 Å². The van der Waals surface area contributed by atoms with E-state index in [1.54, 1.807) is 35.7 Å². The average Bonchev–Trinajstić information content (AvgIpc) is 2.85. The Kier molecular flexibility index (Phi) is 3.28. The zero-order chi connectivity index (χ0) is 14.2. The standard InChI is InChI=1S/C12H18N6O/c1-7(2)18-6-9(5-15-18)19-12-10(11(13)14)8(3)16-17(12)4/h5-7H,1-4H3,(H3,13,14). The summed E-state index contributed by atoms with van der Waals surface area (Å²) < 4.78 is 9.12. The molecule has 2 aromatic rings. The number of rotatable bonds is 4. The van der Waals surface area contributed by atoms with Crippen molar-refractivity contribution in [1.82, 2.24) is 19.6 Å². The van der Waals surface area contributed by atoms with Crippen LogP contribution in [-0.2, 0) is 7.05 Å². The molecule has 0 spiro atoms. The minimum absolute atomic E-state index is 0.0585. The van der Waals surface area contributed by atoms with Crippen LogP contribution in [0.3, 0.4) is 0 Å². The molecule has 7 nitrogen and oxygen atoms in total. The lowest BCUT2D eigenvalue weighted by molar-refractivity contribution is 0.427. The number of nitrogen functional groups attached to an aromatic ring is 1. The monoisotopic (exact) mass is 262 g/mol. The molecule has 3 N–H and O–H groups in total. The van der Waals surface area contributed by atoms with Crippen molar-refractivity contribution in [1.29, 1.82) is 5.41 Å². The lowest BCUT2D eigenvalue weighted by atomic mass is 10.2. The number of ether oxygens (including phenoxy) is 1. The van der Waals surface area contributed by atoms with Crippen LogP contribution in [-0.4, -0.2) is 25.4 Å². The third kappa shape index (κ3) is 2.44. The number of hydrogen-bond donors (Lipinski definition) is 2. The van der Waals surface area contributed by atoms with Crippen LogP contribution in [0.25, 0.3) is 0 Å². The number of amidine groups is 1. The first-order chi connectivity index (χ1) is 8.90. The molecule has 2 rings (SSSR count). The van der Waals surface area contributed by atoms with Gasteiger partial charge in [-0.05, 0) is 20.8 Å². The summed E-state index contributed by atoms with van der Waals surface area (Å²) >= 11 is 0. The largest absolute Gasteiger partial charge is 0.435 e. The van der Waals surface area contributed by atoms with Gasteiger partial charge >= 0.3 is 0 Å². The number of nitrogens with one attached hydrogen (secondary N) is 1. The van der Waals surface area contributed by atoms with Gasteiger partial charge in [-0.3, -0.25) is 10.1 Å². The van der Waals surface area contributed by atoms with Gasteiger partial charge in [0.15, 0.2) is 5.75 Å². The Balaban J connectivity index is 2.35. The van der Waals surface area contributed by atoms with Crippen LogP contribution in [0.1, 0.15) is 31.1 Å². The van der Waals surface area contributed by atoms with E-state index < -0.39 is 0 Å². The maximum absolute atomic E-state index is 7.59. The van der Waals surface area contributed by atoms with E-state index in [1.807, 2.05) is 13.8 Å². The van der Waals surface area contributed by atoms with Gasteiger partial charge in [-0.1, -0.05) is 0 Å². The maximum Gasteiger partial charge on any atom is 0.229 e. The number of nitrogens with zero attached hydrogens (tertiary/aromatic N) is 4. The highest BCUT2D eigenvalue weighted by molar-refractivity contribution is 5.98. The predicted molar refractivity (Wildman–Crippen MR) is 71.6 cm³/mol. The highest BCUT2D eigenvalue weighted by atomic mass is 16.5. The van der Waals surface area contributed by atoms with Gasteiger partial charge in [0, 0.05) is 13.1 Å². The molecule has 0 amide bonds. The first kappa shape index (κ1) is 13.1. The molecule has 0 unspecified atom stereocenters. The van der Waals surface area contributed by atoms with Crippen LogP contribution >= 0.6 is 0 Å². The number of aromatic nitrogens is 4. The van der Waals surface area contributed by atoms with Crippen LogP contribution in [0.5, 0.6) is 11.6 Å². The summed E-state index contributed by atoms with van der Waals surface area (Å²) in [7, 11) is 1.75. The summed E-state index contributed by atoms with van der Waals surface area (Å²) in [5, 5.41) is 16.0. The van der Waals surface area contributed by atoms with Crippen molar-refractivity contribution >= 4 is 5.84 Å². The SMILES string of the molecule is Cc1nn(C)c(Oc2cnn(C(C)C)c2)c1C(=N)N. The second kappa shape index (κ2) is 4.75. The molecule has 0 aliphatic rings. The van der Waals surface area contributed by atoms with E-state index in [0.29, 0.717) is 22.9 Å². The van der Waals surface area contributed by atoms with Crippen LogP contribution in [0.4, 0.5) is 0 Å². The minimum Gasteiger partial charge on any atom is -0.435 e. The molecule has 0 aliphatic carbocycles. The summed E-state index contributed by atoms with van der Waals surface area (Å²) in [6.45, 7) is 5.86. The fourth-order valence-corrected chi connectivity index (χ4v) is 1.83. The average molecular weight is 262 g/mol. The van der Waals surface area contributed by atoms with E-state index in [0.717, 1.165) is 0 Å².